The Morgan fingerprint density at radius 3 is 2.60 bits per heavy atom. The molecule has 0 saturated heterocycles. The predicted molar refractivity (Wildman–Crippen MR) is 37.4 cm³/mol. The molecule has 0 aromatic heterocycles. The first-order chi connectivity index (χ1) is 4.63. The molecule has 0 aliphatic rings. The molecule has 0 heterocycles. The van der Waals surface area contributed by atoms with Gasteiger partial charge < -0.3 is 9.84 Å². The van der Waals surface area contributed by atoms with Crippen LogP contribution in [0.5, 0.6) is 0 Å². The summed E-state index contributed by atoms with van der Waals surface area (Å²) in [6, 6.07) is 0. The molecule has 0 aromatic rings. The monoisotopic (exact) mass is 144 g/mol. The van der Waals surface area contributed by atoms with Crippen LogP contribution in [0, 0.1) is 5.92 Å². The molecule has 1 atom stereocenters. The van der Waals surface area contributed by atoms with Crippen molar-refractivity contribution in [3.05, 3.63) is 12.2 Å². The molecule has 0 fully saturated rings. The van der Waals surface area contributed by atoms with Gasteiger partial charge in [0.1, 0.15) is 0 Å². The zero-order valence-corrected chi connectivity index (χ0v) is 6.26. The van der Waals surface area contributed by atoms with E-state index in [-0.39, 0.29) is 12.5 Å². The van der Waals surface area contributed by atoms with E-state index in [1.807, 2.05) is 0 Å². The number of hydrogen-bond donors (Lipinski definition) is 1. The van der Waals surface area contributed by atoms with Gasteiger partial charge in [-0.3, -0.25) is 0 Å². The van der Waals surface area contributed by atoms with Crippen LogP contribution in [0.25, 0.3) is 0 Å². The Kier molecular flexibility index (Phi) is 3.72. The van der Waals surface area contributed by atoms with Gasteiger partial charge in [0.2, 0.25) is 0 Å². The molecular formula is C7H12O3. The Hall–Kier alpha value is -0.830. The Morgan fingerprint density at radius 1 is 1.80 bits per heavy atom. The largest absolute Gasteiger partial charge is 0.466 e. The van der Waals surface area contributed by atoms with Crippen LogP contribution in [-0.2, 0) is 9.53 Å². The summed E-state index contributed by atoms with van der Waals surface area (Å²) in [7, 11) is 1.29. The van der Waals surface area contributed by atoms with Gasteiger partial charge in [0, 0.05) is 18.1 Å². The Balaban J connectivity index is 3.95. The molecule has 0 bridgehead atoms. The lowest BCUT2D eigenvalue weighted by Crippen LogP contribution is -2.13. The van der Waals surface area contributed by atoms with Crippen molar-refractivity contribution in [2.24, 2.45) is 5.92 Å². The molecular weight excluding hydrogens is 132 g/mol. The summed E-state index contributed by atoms with van der Waals surface area (Å²) in [6.07, 6.45) is 0. The zero-order chi connectivity index (χ0) is 8.15. The van der Waals surface area contributed by atoms with E-state index >= 15 is 0 Å². The van der Waals surface area contributed by atoms with E-state index in [2.05, 4.69) is 11.3 Å². The molecule has 0 amide bonds. The molecule has 0 radical (unpaired) electrons. The maximum absolute atomic E-state index is 10.7. The summed E-state index contributed by atoms with van der Waals surface area (Å²) in [5.74, 6) is -0.672. The summed E-state index contributed by atoms with van der Waals surface area (Å²) in [4.78, 5) is 10.7. The van der Waals surface area contributed by atoms with Crippen LogP contribution in [-0.4, -0.2) is 24.8 Å². The van der Waals surface area contributed by atoms with Crippen molar-refractivity contribution in [1.29, 1.82) is 0 Å². The fourth-order valence-corrected chi connectivity index (χ4v) is 0.442. The number of carbonyl (C=O) groups is 1. The van der Waals surface area contributed by atoms with E-state index in [9.17, 15) is 4.79 Å². The lowest BCUT2D eigenvalue weighted by atomic mass is 10.0. The summed E-state index contributed by atoms with van der Waals surface area (Å²) < 4.78 is 4.39. The Morgan fingerprint density at radius 2 is 2.30 bits per heavy atom. The highest BCUT2D eigenvalue weighted by molar-refractivity contribution is 5.88. The lowest BCUT2D eigenvalue weighted by molar-refractivity contribution is -0.136. The van der Waals surface area contributed by atoms with Gasteiger partial charge in [0.05, 0.1) is 7.11 Å². The SMILES string of the molecule is C=C(C(=O)OC)[C@H](C)CO. The van der Waals surface area contributed by atoms with Crippen molar-refractivity contribution < 1.29 is 14.6 Å². The number of aliphatic hydroxyl groups excluding tert-OH is 1. The molecule has 0 aliphatic heterocycles. The van der Waals surface area contributed by atoms with Crippen LogP contribution in [0.2, 0.25) is 0 Å². The summed E-state index contributed by atoms with van der Waals surface area (Å²) in [5, 5.41) is 8.58. The Bertz CT molecular complexity index is 140. The second-order valence-corrected chi connectivity index (χ2v) is 2.10. The highest BCUT2D eigenvalue weighted by Gasteiger charge is 2.13. The molecule has 0 saturated carbocycles. The van der Waals surface area contributed by atoms with Gasteiger partial charge in [-0.15, -0.1) is 0 Å². The van der Waals surface area contributed by atoms with Crippen LogP contribution < -0.4 is 0 Å². The van der Waals surface area contributed by atoms with Gasteiger partial charge in [0.25, 0.3) is 0 Å². The molecule has 1 N–H and O–H groups in total. The smallest absolute Gasteiger partial charge is 0.333 e. The fourth-order valence-electron chi connectivity index (χ4n) is 0.442. The van der Waals surface area contributed by atoms with E-state index in [4.69, 9.17) is 5.11 Å². The van der Waals surface area contributed by atoms with Crippen LogP contribution in [0.4, 0.5) is 0 Å². The van der Waals surface area contributed by atoms with E-state index in [0.717, 1.165) is 0 Å². The van der Waals surface area contributed by atoms with E-state index in [0.29, 0.717) is 5.57 Å². The third-order valence-corrected chi connectivity index (χ3v) is 1.32. The van der Waals surface area contributed by atoms with Crippen molar-refractivity contribution >= 4 is 5.97 Å². The van der Waals surface area contributed by atoms with Crippen LogP contribution in [0.3, 0.4) is 0 Å². The van der Waals surface area contributed by atoms with Crippen molar-refractivity contribution in [3.63, 3.8) is 0 Å². The first kappa shape index (κ1) is 9.17. The van der Waals surface area contributed by atoms with Gasteiger partial charge in [-0.05, 0) is 0 Å². The number of ether oxygens (including phenoxy) is 1. The molecule has 3 nitrogen and oxygen atoms in total. The number of methoxy groups -OCH3 is 1. The minimum atomic E-state index is -0.457. The second-order valence-electron chi connectivity index (χ2n) is 2.10. The number of esters is 1. The minimum absolute atomic E-state index is 0.0755. The van der Waals surface area contributed by atoms with Crippen LogP contribution in [0.1, 0.15) is 6.92 Å². The molecule has 0 spiro atoms. The maximum atomic E-state index is 10.7. The number of carbonyl (C=O) groups excluding carboxylic acids is 1. The van der Waals surface area contributed by atoms with Gasteiger partial charge in [-0.1, -0.05) is 13.5 Å². The first-order valence-electron chi connectivity index (χ1n) is 3.01. The third-order valence-electron chi connectivity index (χ3n) is 1.32. The standard InChI is InChI=1S/C7H12O3/c1-5(4-8)6(2)7(9)10-3/h5,8H,2,4H2,1,3H3/t5-/m1/s1. The van der Waals surface area contributed by atoms with E-state index < -0.39 is 5.97 Å². The molecule has 0 aromatic carbocycles. The quantitative estimate of drug-likeness (QED) is 0.459. The Labute approximate surface area is 60.3 Å². The highest BCUT2D eigenvalue weighted by atomic mass is 16.5. The van der Waals surface area contributed by atoms with Crippen molar-refractivity contribution in [3.8, 4) is 0 Å². The van der Waals surface area contributed by atoms with Crippen molar-refractivity contribution in [2.75, 3.05) is 13.7 Å². The van der Waals surface area contributed by atoms with Gasteiger partial charge >= 0.3 is 5.97 Å². The molecule has 0 aliphatic carbocycles. The number of hydrogen-bond acceptors (Lipinski definition) is 3. The van der Waals surface area contributed by atoms with Gasteiger partial charge in [0.15, 0.2) is 0 Å². The van der Waals surface area contributed by atoms with E-state index in [1.54, 1.807) is 6.92 Å². The molecule has 10 heavy (non-hydrogen) atoms. The normalized spacial score (nSPS) is 12.3. The molecule has 58 valence electrons. The highest BCUT2D eigenvalue weighted by Crippen LogP contribution is 2.07. The lowest BCUT2D eigenvalue weighted by Gasteiger charge is -2.07. The zero-order valence-electron chi connectivity index (χ0n) is 6.26. The first-order valence-corrected chi connectivity index (χ1v) is 3.01. The topological polar surface area (TPSA) is 46.5 Å². The predicted octanol–water partition coefficient (Wildman–Crippen LogP) is 0.344. The average Bonchev–Trinajstić information content (AvgIpc) is 2.00. The van der Waals surface area contributed by atoms with Crippen molar-refractivity contribution in [2.45, 2.75) is 6.92 Å². The van der Waals surface area contributed by atoms with Crippen LogP contribution in [0.15, 0.2) is 12.2 Å². The van der Waals surface area contributed by atoms with Gasteiger partial charge in [-0.2, -0.15) is 0 Å². The number of rotatable bonds is 3. The van der Waals surface area contributed by atoms with Gasteiger partial charge in [-0.25, -0.2) is 4.79 Å². The minimum Gasteiger partial charge on any atom is -0.466 e. The van der Waals surface area contributed by atoms with Crippen LogP contribution >= 0.6 is 0 Å². The van der Waals surface area contributed by atoms with E-state index in [1.165, 1.54) is 7.11 Å². The summed E-state index contributed by atoms with van der Waals surface area (Å²) >= 11 is 0. The maximum Gasteiger partial charge on any atom is 0.333 e. The third kappa shape index (κ3) is 2.19. The second kappa shape index (κ2) is 4.06. The average molecular weight is 144 g/mol. The summed E-state index contributed by atoms with van der Waals surface area (Å²) in [6.45, 7) is 5.09. The number of aliphatic hydroxyl groups is 1. The molecule has 0 rings (SSSR count). The van der Waals surface area contributed by atoms with Crippen molar-refractivity contribution in [1.82, 2.24) is 0 Å². The molecule has 0 unspecified atom stereocenters. The fraction of sp³-hybridized carbons (Fsp3) is 0.571. The molecule has 3 heteroatoms. The summed E-state index contributed by atoms with van der Waals surface area (Å²) in [5.41, 5.74) is 0.310.